The van der Waals surface area contributed by atoms with E-state index in [1.807, 2.05) is 6.07 Å². The van der Waals surface area contributed by atoms with Crippen molar-refractivity contribution in [1.29, 1.82) is 0 Å². The summed E-state index contributed by atoms with van der Waals surface area (Å²) in [5, 5.41) is 0. The summed E-state index contributed by atoms with van der Waals surface area (Å²) in [5.74, 6) is 1.34. The summed E-state index contributed by atoms with van der Waals surface area (Å²) >= 11 is 0. The Morgan fingerprint density at radius 1 is 1.21 bits per heavy atom. The first-order valence-corrected chi connectivity index (χ1v) is 4.62. The third kappa shape index (κ3) is 1.28. The van der Waals surface area contributed by atoms with Crippen LogP contribution in [0.15, 0.2) is 12.1 Å². The molecule has 2 rings (SSSR count). The van der Waals surface area contributed by atoms with Gasteiger partial charge in [-0.1, -0.05) is 13.8 Å². The number of aromatic amines is 1. The van der Waals surface area contributed by atoms with E-state index in [2.05, 4.69) is 23.8 Å². The van der Waals surface area contributed by atoms with E-state index in [4.69, 9.17) is 11.5 Å². The number of imidazole rings is 1. The number of fused-ring (bicyclic) bond motifs is 1. The summed E-state index contributed by atoms with van der Waals surface area (Å²) in [6.07, 6.45) is 0. The molecule has 1 aromatic heterocycles. The maximum atomic E-state index is 5.70. The first-order valence-electron chi connectivity index (χ1n) is 4.62. The van der Waals surface area contributed by atoms with E-state index in [1.165, 1.54) is 0 Å². The zero-order valence-corrected chi connectivity index (χ0v) is 8.33. The van der Waals surface area contributed by atoms with E-state index < -0.39 is 0 Å². The number of nitrogens with zero attached hydrogens (tertiary/aromatic N) is 1. The molecule has 0 saturated heterocycles. The highest BCUT2D eigenvalue weighted by molar-refractivity contribution is 5.85. The standard InChI is InChI=1S/C10H14N4/c1-5(2)10-13-8-3-6(11)7(12)4-9(8)14-10/h3-5H,11-12H2,1-2H3,(H,13,14). The average molecular weight is 190 g/mol. The van der Waals surface area contributed by atoms with Crippen molar-refractivity contribution in [2.24, 2.45) is 0 Å². The number of nitrogens with one attached hydrogen (secondary N) is 1. The summed E-state index contributed by atoms with van der Waals surface area (Å²) in [6.45, 7) is 4.18. The van der Waals surface area contributed by atoms with Gasteiger partial charge in [0.1, 0.15) is 5.82 Å². The Hall–Kier alpha value is -1.71. The number of nitrogen functional groups attached to an aromatic ring is 2. The van der Waals surface area contributed by atoms with Gasteiger partial charge in [-0.25, -0.2) is 4.98 Å². The van der Waals surface area contributed by atoms with Crippen molar-refractivity contribution in [1.82, 2.24) is 9.97 Å². The fourth-order valence-electron chi connectivity index (χ4n) is 1.38. The highest BCUT2D eigenvalue weighted by Gasteiger charge is 2.07. The largest absolute Gasteiger partial charge is 0.397 e. The van der Waals surface area contributed by atoms with Crippen molar-refractivity contribution in [3.63, 3.8) is 0 Å². The lowest BCUT2D eigenvalue weighted by Crippen LogP contribution is -1.93. The molecular formula is C10H14N4. The minimum Gasteiger partial charge on any atom is -0.397 e. The lowest BCUT2D eigenvalue weighted by molar-refractivity contribution is 0.799. The first-order chi connectivity index (χ1) is 6.58. The van der Waals surface area contributed by atoms with Gasteiger partial charge in [0.15, 0.2) is 0 Å². The molecule has 0 radical (unpaired) electrons. The van der Waals surface area contributed by atoms with Crippen molar-refractivity contribution >= 4 is 22.4 Å². The van der Waals surface area contributed by atoms with Crippen LogP contribution in [0.1, 0.15) is 25.6 Å². The van der Waals surface area contributed by atoms with E-state index >= 15 is 0 Å². The SMILES string of the molecule is CC(C)c1nc2cc(N)c(N)cc2[nH]1. The second kappa shape index (κ2) is 2.90. The van der Waals surface area contributed by atoms with Gasteiger partial charge in [-0.05, 0) is 12.1 Å². The fourth-order valence-corrected chi connectivity index (χ4v) is 1.38. The lowest BCUT2D eigenvalue weighted by atomic mass is 10.2. The molecule has 0 aliphatic heterocycles. The molecule has 74 valence electrons. The van der Waals surface area contributed by atoms with Crippen molar-refractivity contribution in [3.8, 4) is 0 Å². The second-order valence-electron chi connectivity index (χ2n) is 3.78. The molecule has 0 atom stereocenters. The zero-order valence-electron chi connectivity index (χ0n) is 8.33. The van der Waals surface area contributed by atoms with Gasteiger partial charge in [-0.3, -0.25) is 0 Å². The van der Waals surface area contributed by atoms with E-state index in [0.717, 1.165) is 16.9 Å². The second-order valence-corrected chi connectivity index (χ2v) is 3.78. The van der Waals surface area contributed by atoms with Crippen molar-refractivity contribution in [3.05, 3.63) is 18.0 Å². The fraction of sp³-hybridized carbons (Fsp3) is 0.300. The Morgan fingerprint density at radius 2 is 1.86 bits per heavy atom. The number of hydrogen-bond acceptors (Lipinski definition) is 3. The maximum absolute atomic E-state index is 5.70. The van der Waals surface area contributed by atoms with Crippen LogP contribution >= 0.6 is 0 Å². The van der Waals surface area contributed by atoms with Gasteiger partial charge in [-0.15, -0.1) is 0 Å². The van der Waals surface area contributed by atoms with Gasteiger partial charge in [0.05, 0.1) is 22.4 Å². The number of hydrogen-bond donors (Lipinski definition) is 3. The van der Waals surface area contributed by atoms with Gasteiger partial charge in [0, 0.05) is 5.92 Å². The minimum atomic E-state index is 0.379. The van der Waals surface area contributed by atoms with Crippen LogP contribution in [-0.4, -0.2) is 9.97 Å². The van der Waals surface area contributed by atoms with Crippen LogP contribution in [0.3, 0.4) is 0 Å². The summed E-state index contributed by atoms with van der Waals surface area (Å²) < 4.78 is 0. The van der Waals surface area contributed by atoms with Crippen LogP contribution in [0.2, 0.25) is 0 Å². The topological polar surface area (TPSA) is 80.7 Å². The van der Waals surface area contributed by atoms with Crippen LogP contribution in [0.25, 0.3) is 11.0 Å². The molecule has 1 heterocycles. The number of aromatic nitrogens is 2. The van der Waals surface area contributed by atoms with E-state index in [9.17, 15) is 0 Å². The van der Waals surface area contributed by atoms with Crippen LogP contribution < -0.4 is 11.5 Å². The Morgan fingerprint density at radius 3 is 2.50 bits per heavy atom. The van der Waals surface area contributed by atoms with Crippen LogP contribution in [0.4, 0.5) is 11.4 Å². The highest BCUT2D eigenvalue weighted by atomic mass is 14.9. The minimum absolute atomic E-state index is 0.379. The Labute approximate surface area is 82.3 Å². The first kappa shape index (κ1) is 8.87. The maximum Gasteiger partial charge on any atom is 0.109 e. The molecule has 0 fully saturated rings. The molecule has 0 unspecified atom stereocenters. The molecule has 0 saturated carbocycles. The van der Waals surface area contributed by atoms with Gasteiger partial charge in [0.25, 0.3) is 0 Å². The number of benzene rings is 1. The zero-order chi connectivity index (χ0) is 10.3. The number of rotatable bonds is 1. The lowest BCUT2D eigenvalue weighted by Gasteiger charge is -1.97. The summed E-state index contributed by atoms with van der Waals surface area (Å²) in [4.78, 5) is 7.64. The Kier molecular flexibility index (Phi) is 1.84. The predicted octanol–water partition coefficient (Wildman–Crippen LogP) is 1.85. The molecule has 0 aliphatic carbocycles. The molecule has 0 aliphatic rings. The van der Waals surface area contributed by atoms with Gasteiger partial charge in [-0.2, -0.15) is 0 Å². The molecular weight excluding hydrogens is 176 g/mol. The Bertz CT molecular complexity index is 431. The third-order valence-electron chi connectivity index (χ3n) is 2.25. The molecule has 0 spiro atoms. The number of H-pyrrole nitrogens is 1. The Balaban J connectivity index is 2.66. The van der Waals surface area contributed by atoms with Gasteiger partial charge in [0.2, 0.25) is 0 Å². The molecule has 2 aromatic rings. The van der Waals surface area contributed by atoms with Crippen LogP contribution in [0.5, 0.6) is 0 Å². The van der Waals surface area contributed by atoms with Gasteiger partial charge >= 0.3 is 0 Å². The summed E-state index contributed by atoms with van der Waals surface area (Å²) in [7, 11) is 0. The van der Waals surface area contributed by atoms with E-state index in [-0.39, 0.29) is 0 Å². The monoisotopic (exact) mass is 190 g/mol. The summed E-state index contributed by atoms with van der Waals surface area (Å²) in [6, 6.07) is 3.62. The molecule has 4 nitrogen and oxygen atoms in total. The van der Waals surface area contributed by atoms with Crippen LogP contribution in [0, 0.1) is 0 Å². The molecule has 14 heavy (non-hydrogen) atoms. The smallest absolute Gasteiger partial charge is 0.109 e. The van der Waals surface area contributed by atoms with Crippen LogP contribution in [-0.2, 0) is 0 Å². The molecule has 1 aromatic carbocycles. The molecule has 5 N–H and O–H groups in total. The number of anilines is 2. The van der Waals surface area contributed by atoms with E-state index in [1.54, 1.807) is 6.07 Å². The normalized spacial score (nSPS) is 11.4. The summed E-state index contributed by atoms with van der Waals surface area (Å²) in [5.41, 5.74) is 14.4. The third-order valence-corrected chi connectivity index (χ3v) is 2.25. The van der Waals surface area contributed by atoms with E-state index in [0.29, 0.717) is 17.3 Å². The molecule has 0 amide bonds. The number of nitrogens with two attached hydrogens (primary N) is 2. The van der Waals surface area contributed by atoms with Crippen molar-refractivity contribution in [2.45, 2.75) is 19.8 Å². The predicted molar refractivity (Wildman–Crippen MR) is 59.0 cm³/mol. The van der Waals surface area contributed by atoms with Crippen molar-refractivity contribution < 1.29 is 0 Å². The molecule has 4 heteroatoms. The average Bonchev–Trinajstić information content (AvgIpc) is 2.48. The van der Waals surface area contributed by atoms with Crippen molar-refractivity contribution in [2.75, 3.05) is 11.5 Å². The molecule has 0 bridgehead atoms. The quantitative estimate of drug-likeness (QED) is 0.600. The highest BCUT2D eigenvalue weighted by Crippen LogP contribution is 2.23. The van der Waals surface area contributed by atoms with Gasteiger partial charge < -0.3 is 16.5 Å².